The summed E-state index contributed by atoms with van der Waals surface area (Å²) in [5.74, 6) is 1.30. The molecule has 0 aliphatic heterocycles. The highest BCUT2D eigenvalue weighted by Gasteiger charge is 2.67. The molecule has 4 aliphatic rings. The number of aliphatic hydroxyl groups is 3. The van der Waals surface area contributed by atoms with Crippen LogP contribution in [-0.2, 0) is 0 Å². The van der Waals surface area contributed by atoms with Crippen LogP contribution in [0.4, 0.5) is 0 Å². The monoisotopic (exact) mass is 320 g/mol. The molecule has 1 spiro atoms. The minimum atomic E-state index is -0.484. The first-order chi connectivity index (χ1) is 10.8. The van der Waals surface area contributed by atoms with E-state index in [1.807, 2.05) is 6.92 Å². The largest absolute Gasteiger partial charge is 0.396 e. The van der Waals surface area contributed by atoms with E-state index in [4.69, 9.17) is 0 Å². The molecule has 2 bridgehead atoms. The topological polar surface area (TPSA) is 60.7 Å². The Morgan fingerprint density at radius 3 is 2.52 bits per heavy atom. The van der Waals surface area contributed by atoms with E-state index in [2.05, 4.69) is 13.5 Å². The average molecular weight is 320 g/mol. The van der Waals surface area contributed by atoms with E-state index in [0.29, 0.717) is 11.8 Å². The van der Waals surface area contributed by atoms with Crippen molar-refractivity contribution in [2.75, 3.05) is 6.61 Å². The predicted octanol–water partition coefficient (Wildman–Crippen LogP) is 2.89. The molecule has 130 valence electrons. The first kappa shape index (κ1) is 16.1. The van der Waals surface area contributed by atoms with Crippen LogP contribution in [0.3, 0.4) is 0 Å². The summed E-state index contributed by atoms with van der Waals surface area (Å²) in [4.78, 5) is 0. The SMILES string of the molecule is C=C1C[C@]23C[C@H]1CCC2[C@]1(C)CC[C@@H](O)[C@](C)(CO)C1C[C@@H]3O. The smallest absolute Gasteiger partial charge is 0.0618 e. The third kappa shape index (κ3) is 1.82. The number of hydrogen-bond donors (Lipinski definition) is 3. The van der Waals surface area contributed by atoms with E-state index in [1.54, 1.807) is 0 Å². The summed E-state index contributed by atoms with van der Waals surface area (Å²) in [6.07, 6.45) is 6.22. The van der Waals surface area contributed by atoms with Gasteiger partial charge in [-0.25, -0.2) is 0 Å². The molecule has 0 heterocycles. The summed E-state index contributed by atoms with van der Waals surface area (Å²) in [5, 5.41) is 31.8. The second-order valence-electron chi connectivity index (χ2n) is 9.63. The molecule has 8 atom stereocenters. The molecule has 0 aromatic carbocycles. The molecule has 23 heavy (non-hydrogen) atoms. The van der Waals surface area contributed by atoms with E-state index < -0.39 is 11.5 Å². The molecule has 0 aromatic rings. The van der Waals surface area contributed by atoms with Crippen LogP contribution in [0.1, 0.15) is 58.8 Å². The second kappa shape index (κ2) is 4.83. The summed E-state index contributed by atoms with van der Waals surface area (Å²) in [5.41, 5.74) is 1.01. The molecule has 0 aromatic heterocycles. The third-order valence-electron chi connectivity index (χ3n) is 8.83. The fourth-order valence-corrected chi connectivity index (χ4v) is 7.51. The van der Waals surface area contributed by atoms with Crippen LogP contribution in [0, 0.1) is 34.0 Å². The van der Waals surface area contributed by atoms with Crippen LogP contribution in [-0.4, -0.2) is 34.1 Å². The minimum Gasteiger partial charge on any atom is -0.396 e. The van der Waals surface area contributed by atoms with Gasteiger partial charge in [0.15, 0.2) is 0 Å². The molecule has 4 saturated carbocycles. The van der Waals surface area contributed by atoms with Crippen molar-refractivity contribution in [1.29, 1.82) is 0 Å². The summed E-state index contributed by atoms with van der Waals surface area (Å²) in [6, 6.07) is 0. The fourth-order valence-electron chi connectivity index (χ4n) is 7.51. The Morgan fingerprint density at radius 2 is 1.83 bits per heavy atom. The van der Waals surface area contributed by atoms with E-state index >= 15 is 0 Å². The highest BCUT2D eigenvalue weighted by molar-refractivity contribution is 5.24. The lowest BCUT2D eigenvalue weighted by Gasteiger charge is -2.66. The molecule has 4 aliphatic carbocycles. The van der Waals surface area contributed by atoms with Gasteiger partial charge < -0.3 is 15.3 Å². The Balaban J connectivity index is 1.78. The zero-order valence-corrected chi connectivity index (χ0v) is 14.6. The lowest BCUT2D eigenvalue weighted by molar-refractivity contribution is -0.230. The van der Waals surface area contributed by atoms with E-state index in [0.717, 1.165) is 32.1 Å². The lowest BCUT2D eigenvalue weighted by Crippen LogP contribution is -2.64. The van der Waals surface area contributed by atoms with Crippen LogP contribution in [0.25, 0.3) is 0 Å². The Kier molecular flexibility index (Phi) is 3.38. The van der Waals surface area contributed by atoms with Crippen molar-refractivity contribution in [2.24, 2.45) is 34.0 Å². The Labute approximate surface area is 139 Å². The molecular formula is C20H32O3. The van der Waals surface area contributed by atoms with Gasteiger partial charge in [0.1, 0.15) is 0 Å². The zero-order chi connectivity index (χ0) is 16.6. The summed E-state index contributed by atoms with van der Waals surface area (Å²) >= 11 is 0. The van der Waals surface area contributed by atoms with Crippen molar-refractivity contribution in [3.8, 4) is 0 Å². The molecule has 3 N–H and O–H groups in total. The standard InChI is InChI=1S/C20H32O3/c1-12-9-20-10-13(12)4-5-14(20)18(2)7-6-16(22)19(3,11-21)15(18)8-17(20)23/h13-17,21-23H,1,4-11H2,2-3H3/t13-,14?,15?,16-,17+,18+,19-,20+/m1/s1. The summed E-state index contributed by atoms with van der Waals surface area (Å²) in [6.45, 7) is 8.74. The fraction of sp³-hybridized carbons (Fsp3) is 0.900. The molecule has 4 fully saturated rings. The van der Waals surface area contributed by atoms with Crippen molar-refractivity contribution >= 4 is 0 Å². The maximum Gasteiger partial charge on any atom is 0.0618 e. The number of aliphatic hydroxyl groups excluding tert-OH is 3. The number of rotatable bonds is 1. The normalized spacial score (nSPS) is 58.7. The van der Waals surface area contributed by atoms with Crippen LogP contribution < -0.4 is 0 Å². The van der Waals surface area contributed by atoms with Crippen molar-refractivity contribution in [2.45, 2.75) is 71.0 Å². The molecule has 3 nitrogen and oxygen atoms in total. The van der Waals surface area contributed by atoms with Crippen LogP contribution in [0.2, 0.25) is 0 Å². The Bertz CT molecular complexity index is 531. The van der Waals surface area contributed by atoms with Gasteiger partial charge in [-0.2, -0.15) is 0 Å². The highest BCUT2D eigenvalue weighted by atomic mass is 16.3. The molecule has 4 rings (SSSR count). The van der Waals surface area contributed by atoms with Crippen LogP contribution >= 0.6 is 0 Å². The van der Waals surface area contributed by atoms with Gasteiger partial charge in [0.05, 0.1) is 18.8 Å². The van der Waals surface area contributed by atoms with Gasteiger partial charge in [-0.05, 0) is 68.1 Å². The van der Waals surface area contributed by atoms with Crippen LogP contribution in [0.15, 0.2) is 12.2 Å². The second-order valence-corrected chi connectivity index (χ2v) is 9.63. The van der Waals surface area contributed by atoms with Crippen molar-refractivity contribution in [3.05, 3.63) is 12.2 Å². The minimum absolute atomic E-state index is 0.0101. The van der Waals surface area contributed by atoms with Gasteiger partial charge in [0.25, 0.3) is 0 Å². The molecule has 2 unspecified atom stereocenters. The van der Waals surface area contributed by atoms with Gasteiger partial charge in [-0.15, -0.1) is 0 Å². The maximum atomic E-state index is 11.2. The van der Waals surface area contributed by atoms with Crippen LogP contribution in [0.5, 0.6) is 0 Å². The number of fused-ring (bicyclic) bond motifs is 3. The van der Waals surface area contributed by atoms with Gasteiger partial charge >= 0.3 is 0 Å². The summed E-state index contributed by atoms with van der Waals surface area (Å²) in [7, 11) is 0. The predicted molar refractivity (Wildman–Crippen MR) is 89.7 cm³/mol. The molecule has 0 radical (unpaired) electrons. The van der Waals surface area contributed by atoms with Crippen molar-refractivity contribution in [1.82, 2.24) is 0 Å². The average Bonchev–Trinajstić information content (AvgIpc) is 2.78. The zero-order valence-electron chi connectivity index (χ0n) is 14.6. The Hall–Kier alpha value is -0.380. The summed E-state index contributed by atoms with van der Waals surface area (Å²) < 4.78 is 0. The number of allylic oxidation sites excluding steroid dienone is 1. The van der Waals surface area contributed by atoms with Crippen molar-refractivity contribution < 1.29 is 15.3 Å². The van der Waals surface area contributed by atoms with E-state index in [9.17, 15) is 15.3 Å². The molecule has 0 saturated heterocycles. The van der Waals surface area contributed by atoms with E-state index in [1.165, 1.54) is 18.4 Å². The van der Waals surface area contributed by atoms with Gasteiger partial charge in [0, 0.05) is 10.8 Å². The maximum absolute atomic E-state index is 11.2. The lowest BCUT2D eigenvalue weighted by atomic mass is 9.40. The molecular weight excluding hydrogens is 288 g/mol. The highest BCUT2D eigenvalue weighted by Crippen LogP contribution is 2.71. The van der Waals surface area contributed by atoms with Gasteiger partial charge in [-0.1, -0.05) is 26.0 Å². The van der Waals surface area contributed by atoms with Gasteiger partial charge in [-0.3, -0.25) is 0 Å². The first-order valence-electron chi connectivity index (χ1n) is 9.42. The van der Waals surface area contributed by atoms with Crippen molar-refractivity contribution in [3.63, 3.8) is 0 Å². The first-order valence-corrected chi connectivity index (χ1v) is 9.42. The number of hydrogen-bond acceptors (Lipinski definition) is 3. The van der Waals surface area contributed by atoms with E-state index in [-0.39, 0.29) is 29.5 Å². The van der Waals surface area contributed by atoms with Gasteiger partial charge in [0.2, 0.25) is 0 Å². The Morgan fingerprint density at radius 1 is 1.09 bits per heavy atom. The molecule has 0 amide bonds. The third-order valence-corrected chi connectivity index (χ3v) is 8.83. The quantitative estimate of drug-likeness (QED) is 0.651. The molecule has 3 heteroatoms.